The van der Waals surface area contributed by atoms with E-state index in [1.807, 2.05) is 12.3 Å². The molecule has 3 heteroatoms. The van der Waals surface area contributed by atoms with Gasteiger partial charge in [-0.2, -0.15) is 0 Å². The molecule has 3 nitrogen and oxygen atoms in total. The molecular weight excluding hydrogens is 236 g/mol. The highest BCUT2D eigenvalue weighted by Crippen LogP contribution is 2.20. The number of ether oxygens (including phenoxy) is 1. The van der Waals surface area contributed by atoms with E-state index in [0.717, 1.165) is 25.2 Å². The zero-order valence-electron chi connectivity index (χ0n) is 11.5. The first-order valence-electron chi connectivity index (χ1n) is 6.92. The van der Waals surface area contributed by atoms with Crippen molar-refractivity contribution in [3.05, 3.63) is 42.1 Å². The van der Waals surface area contributed by atoms with Crippen LogP contribution in [0.15, 0.2) is 36.5 Å². The number of aromatic nitrogens is 1. The van der Waals surface area contributed by atoms with Crippen LogP contribution < -0.4 is 0 Å². The van der Waals surface area contributed by atoms with Crippen LogP contribution in [0.5, 0.6) is 0 Å². The Balaban J connectivity index is 1.88. The Labute approximate surface area is 114 Å². The number of hydrogen-bond donors (Lipinski definition) is 0. The third-order valence-corrected chi connectivity index (χ3v) is 3.83. The first-order chi connectivity index (χ1) is 9.24. The average molecular weight is 256 g/mol. The second-order valence-corrected chi connectivity index (χ2v) is 5.41. The predicted molar refractivity (Wildman–Crippen MR) is 77.0 cm³/mol. The number of para-hydroxylation sites is 1. The van der Waals surface area contributed by atoms with Gasteiger partial charge in [-0.3, -0.25) is 9.88 Å². The van der Waals surface area contributed by atoms with E-state index < -0.39 is 0 Å². The van der Waals surface area contributed by atoms with Crippen molar-refractivity contribution in [3.8, 4) is 0 Å². The van der Waals surface area contributed by atoms with E-state index in [9.17, 15) is 0 Å². The normalized spacial score (nSPS) is 24.7. The minimum absolute atomic E-state index is 0.319. The SMILES string of the molecule is CC1CN(Cc2cccc3cccnc23)C(C)CO1. The average Bonchev–Trinajstić information content (AvgIpc) is 2.43. The van der Waals surface area contributed by atoms with Gasteiger partial charge in [0.1, 0.15) is 0 Å². The number of hydrogen-bond acceptors (Lipinski definition) is 3. The Morgan fingerprint density at radius 3 is 3.00 bits per heavy atom. The topological polar surface area (TPSA) is 25.4 Å². The lowest BCUT2D eigenvalue weighted by atomic mass is 10.1. The second kappa shape index (κ2) is 5.27. The Morgan fingerprint density at radius 1 is 1.26 bits per heavy atom. The van der Waals surface area contributed by atoms with Crippen LogP contribution in [0.4, 0.5) is 0 Å². The molecule has 0 saturated carbocycles. The molecule has 1 aliphatic heterocycles. The standard InChI is InChI=1S/C16H20N2O/c1-12-11-19-13(2)9-18(12)10-15-6-3-5-14-7-4-8-17-16(14)15/h3-8,12-13H,9-11H2,1-2H3. The highest BCUT2D eigenvalue weighted by atomic mass is 16.5. The van der Waals surface area contributed by atoms with Crippen molar-refractivity contribution in [2.45, 2.75) is 32.5 Å². The van der Waals surface area contributed by atoms with Gasteiger partial charge in [0, 0.05) is 30.7 Å². The van der Waals surface area contributed by atoms with Crippen LogP contribution in [0, 0.1) is 0 Å². The van der Waals surface area contributed by atoms with E-state index in [1.165, 1.54) is 10.9 Å². The van der Waals surface area contributed by atoms with Crippen LogP contribution in [0.3, 0.4) is 0 Å². The Kier molecular flexibility index (Phi) is 3.49. The van der Waals surface area contributed by atoms with Gasteiger partial charge >= 0.3 is 0 Å². The molecule has 2 unspecified atom stereocenters. The lowest BCUT2D eigenvalue weighted by Crippen LogP contribution is -2.46. The number of rotatable bonds is 2. The van der Waals surface area contributed by atoms with Crippen LogP contribution in [0.2, 0.25) is 0 Å². The van der Waals surface area contributed by atoms with Crippen LogP contribution >= 0.6 is 0 Å². The molecule has 0 N–H and O–H groups in total. The fourth-order valence-electron chi connectivity index (χ4n) is 2.71. The van der Waals surface area contributed by atoms with Crippen LogP contribution in [-0.4, -0.2) is 35.2 Å². The minimum Gasteiger partial charge on any atom is -0.376 e. The zero-order chi connectivity index (χ0) is 13.2. The summed E-state index contributed by atoms with van der Waals surface area (Å²) < 4.78 is 5.69. The molecule has 1 aromatic heterocycles. The lowest BCUT2D eigenvalue weighted by molar-refractivity contribution is -0.0525. The van der Waals surface area contributed by atoms with E-state index in [4.69, 9.17) is 4.74 Å². The summed E-state index contributed by atoms with van der Waals surface area (Å²) in [7, 11) is 0. The molecule has 3 rings (SSSR count). The summed E-state index contributed by atoms with van der Waals surface area (Å²) in [6.45, 7) is 7.12. The highest BCUT2D eigenvalue weighted by Gasteiger charge is 2.23. The molecule has 2 aromatic rings. The Morgan fingerprint density at radius 2 is 2.11 bits per heavy atom. The number of fused-ring (bicyclic) bond motifs is 1. The third kappa shape index (κ3) is 2.62. The maximum Gasteiger partial charge on any atom is 0.0746 e. The molecule has 1 aromatic carbocycles. The van der Waals surface area contributed by atoms with Crippen molar-refractivity contribution < 1.29 is 4.74 Å². The van der Waals surface area contributed by atoms with E-state index in [0.29, 0.717) is 12.1 Å². The molecule has 2 heterocycles. The monoisotopic (exact) mass is 256 g/mol. The number of pyridine rings is 1. The molecule has 1 saturated heterocycles. The summed E-state index contributed by atoms with van der Waals surface area (Å²) in [5, 5.41) is 1.22. The fraction of sp³-hybridized carbons (Fsp3) is 0.438. The van der Waals surface area contributed by atoms with Crippen molar-refractivity contribution in [3.63, 3.8) is 0 Å². The molecule has 0 radical (unpaired) electrons. The van der Waals surface area contributed by atoms with E-state index in [1.54, 1.807) is 0 Å². The van der Waals surface area contributed by atoms with Crippen LogP contribution in [-0.2, 0) is 11.3 Å². The number of nitrogens with zero attached hydrogens (tertiary/aromatic N) is 2. The largest absolute Gasteiger partial charge is 0.376 e. The van der Waals surface area contributed by atoms with Crippen molar-refractivity contribution in [1.29, 1.82) is 0 Å². The molecule has 0 bridgehead atoms. The maximum absolute atomic E-state index is 5.69. The van der Waals surface area contributed by atoms with Crippen LogP contribution in [0.1, 0.15) is 19.4 Å². The van der Waals surface area contributed by atoms with Crippen molar-refractivity contribution >= 4 is 10.9 Å². The van der Waals surface area contributed by atoms with Gasteiger partial charge in [-0.25, -0.2) is 0 Å². The van der Waals surface area contributed by atoms with Gasteiger partial charge < -0.3 is 4.74 Å². The van der Waals surface area contributed by atoms with Gasteiger partial charge in [0.15, 0.2) is 0 Å². The molecule has 1 aliphatic rings. The maximum atomic E-state index is 5.69. The van der Waals surface area contributed by atoms with Crippen molar-refractivity contribution in [2.75, 3.05) is 13.2 Å². The van der Waals surface area contributed by atoms with Crippen molar-refractivity contribution in [2.24, 2.45) is 0 Å². The van der Waals surface area contributed by atoms with Gasteiger partial charge in [0.05, 0.1) is 18.2 Å². The van der Waals surface area contributed by atoms with Crippen LogP contribution in [0.25, 0.3) is 10.9 Å². The Hall–Kier alpha value is -1.45. The molecule has 19 heavy (non-hydrogen) atoms. The van der Waals surface area contributed by atoms with E-state index in [2.05, 4.69) is 48.0 Å². The molecule has 0 aliphatic carbocycles. The van der Waals surface area contributed by atoms with Gasteiger partial charge in [-0.1, -0.05) is 24.3 Å². The first kappa shape index (κ1) is 12.6. The summed E-state index contributed by atoms with van der Waals surface area (Å²) in [6.07, 6.45) is 2.19. The predicted octanol–water partition coefficient (Wildman–Crippen LogP) is 2.84. The van der Waals surface area contributed by atoms with Gasteiger partial charge in [-0.15, -0.1) is 0 Å². The lowest BCUT2D eigenvalue weighted by Gasteiger charge is -2.36. The van der Waals surface area contributed by atoms with E-state index >= 15 is 0 Å². The first-order valence-corrected chi connectivity index (χ1v) is 6.92. The van der Waals surface area contributed by atoms with Crippen molar-refractivity contribution in [1.82, 2.24) is 9.88 Å². The number of morpholine rings is 1. The Bertz CT molecular complexity index is 564. The molecule has 100 valence electrons. The smallest absolute Gasteiger partial charge is 0.0746 e. The van der Waals surface area contributed by atoms with Gasteiger partial charge in [0.2, 0.25) is 0 Å². The van der Waals surface area contributed by atoms with Gasteiger partial charge in [-0.05, 0) is 25.5 Å². The molecular formula is C16H20N2O. The fourth-order valence-corrected chi connectivity index (χ4v) is 2.71. The molecule has 0 spiro atoms. The summed E-state index contributed by atoms with van der Waals surface area (Å²) in [6, 6.07) is 11.0. The summed E-state index contributed by atoms with van der Waals surface area (Å²) in [5.41, 5.74) is 2.43. The summed E-state index contributed by atoms with van der Waals surface area (Å²) in [4.78, 5) is 7.02. The third-order valence-electron chi connectivity index (χ3n) is 3.83. The van der Waals surface area contributed by atoms with Gasteiger partial charge in [0.25, 0.3) is 0 Å². The molecule has 1 fully saturated rings. The zero-order valence-corrected chi connectivity index (χ0v) is 11.5. The quantitative estimate of drug-likeness (QED) is 0.826. The molecule has 0 amide bonds. The highest BCUT2D eigenvalue weighted by molar-refractivity contribution is 5.81. The summed E-state index contributed by atoms with van der Waals surface area (Å²) in [5.74, 6) is 0. The van der Waals surface area contributed by atoms with E-state index in [-0.39, 0.29) is 0 Å². The second-order valence-electron chi connectivity index (χ2n) is 5.41. The number of benzene rings is 1. The molecule has 2 atom stereocenters. The minimum atomic E-state index is 0.319. The summed E-state index contributed by atoms with van der Waals surface area (Å²) >= 11 is 0.